The van der Waals surface area contributed by atoms with Crippen LogP contribution in [-0.2, 0) is 0 Å². The van der Waals surface area contributed by atoms with Crippen LogP contribution in [0, 0.1) is 5.92 Å². The van der Waals surface area contributed by atoms with Gasteiger partial charge in [0, 0.05) is 6.54 Å². The normalized spacial score (nSPS) is 15.8. The fourth-order valence-corrected chi connectivity index (χ4v) is 1.29. The first-order valence-corrected chi connectivity index (χ1v) is 5.27. The van der Waals surface area contributed by atoms with Crippen LogP contribution in [-0.4, -0.2) is 52.7 Å². The Morgan fingerprint density at radius 1 is 1.33 bits per heavy atom. The molecule has 0 fully saturated rings. The fourth-order valence-electron chi connectivity index (χ4n) is 1.29. The molecule has 6 N–H and O–H groups in total. The molecule has 0 aliphatic carbocycles. The number of oxime groups is 1. The van der Waals surface area contributed by atoms with E-state index in [1.54, 1.807) is 6.92 Å². The Bertz CT molecular complexity index is 272. The van der Waals surface area contributed by atoms with Crippen LogP contribution >= 0.6 is 0 Å². The largest absolute Gasteiger partial charge is 0.409 e. The molecule has 0 spiro atoms. The summed E-state index contributed by atoms with van der Waals surface area (Å²) in [5.74, 6) is -3.16. The summed E-state index contributed by atoms with van der Waals surface area (Å²) >= 11 is 0. The SMILES string of the molecule is CCC(CO)(CO)NCC(C(N)=NO)C(F)(F)F. The number of halogens is 3. The van der Waals surface area contributed by atoms with Crippen molar-refractivity contribution in [2.24, 2.45) is 16.8 Å². The molecule has 0 bridgehead atoms. The monoisotopic (exact) mass is 273 g/mol. The Hall–Kier alpha value is -1.06. The van der Waals surface area contributed by atoms with Crippen LogP contribution in [0.25, 0.3) is 0 Å². The van der Waals surface area contributed by atoms with Crippen LogP contribution in [0.5, 0.6) is 0 Å². The molecule has 0 heterocycles. The van der Waals surface area contributed by atoms with Gasteiger partial charge < -0.3 is 26.5 Å². The van der Waals surface area contributed by atoms with Crippen LogP contribution in [0.1, 0.15) is 13.3 Å². The number of amidine groups is 1. The highest BCUT2D eigenvalue weighted by atomic mass is 19.4. The summed E-state index contributed by atoms with van der Waals surface area (Å²) in [4.78, 5) is 0. The van der Waals surface area contributed by atoms with Crippen LogP contribution < -0.4 is 11.1 Å². The van der Waals surface area contributed by atoms with Gasteiger partial charge in [-0.05, 0) is 6.42 Å². The van der Waals surface area contributed by atoms with E-state index in [-0.39, 0.29) is 6.42 Å². The lowest BCUT2D eigenvalue weighted by molar-refractivity contribution is -0.156. The third kappa shape index (κ3) is 4.31. The van der Waals surface area contributed by atoms with Gasteiger partial charge in [0.05, 0.1) is 18.8 Å². The van der Waals surface area contributed by atoms with Crippen molar-refractivity contribution in [3.05, 3.63) is 0 Å². The van der Waals surface area contributed by atoms with Gasteiger partial charge in [0.15, 0.2) is 5.84 Å². The first-order valence-electron chi connectivity index (χ1n) is 5.27. The van der Waals surface area contributed by atoms with Crippen molar-refractivity contribution in [2.75, 3.05) is 19.8 Å². The fraction of sp³-hybridized carbons (Fsp3) is 0.889. The van der Waals surface area contributed by atoms with Gasteiger partial charge in [-0.2, -0.15) is 13.2 Å². The van der Waals surface area contributed by atoms with E-state index in [1.165, 1.54) is 0 Å². The summed E-state index contributed by atoms with van der Waals surface area (Å²) in [5.41, 5.74) is 3.75. The van der Waals surface area contributed by atoms with Crippen molar-refractivity contribution in [1.82, 2.24) is 5.32 Å². The molecule has 0 aromatic heterocycles. The zero-order valence-corrected chi connectivity index (χ0v) is 9.91. The van der Waals surface area contributed by atoms with Crippen molar-refractivity contribution in [2.45, 2.75) is 25.1 Å². The van der Waals surface area contributed by atoms with Gasteiger partial charge in [0.1, 0.15) is 5.92 Å². The van der Waals surface area contributed by atoms with E-state index in [0.717, 1.165) is 0 Å². The van der Waals surface area contributed by atoms with E-state index in [2.05, 4.69) is 10.5 Å². The molecule has 0 aliphatic rings. The molecule has 0 aromatic rings. The molecular weight excluding hydrogens is 255 g/mol. The molecule has 0 saturated heterocycles. The minimum Gasteiger partial charge on any atom is -0.409 e. The Kier molecular flexibility index (Phi) is 6.36. The Balaban J connectivity index is 4.82. The summed E-state index contributed by atoms with van der Waals surface area (Å²) in [7, 11) is 0. The minimum atomic E-state index is -4.69. The lowest BCUT2D eigenvalue weighted by atomic mass is 9.97. The average Bonchev–Trinajstić information content (AvgIpc) is 2.33. The summed E-state index contributed by atoms with van der Waals surface area (Å²) in [6.07, 6.45) is -4.46. The maximum atomic E-state index is 12.6. The zero-order valence-electron chi connectivity index (χ0n) is 9.91. The van der Waals surface area contributed by atoms with E-state index < -0.39 is 43.2 Å². The molecule has 9 heteroatoms. The second-order valence-electron chi connectivity index (χ2n) is 3.95. The van der Waals surface area contributed by atoms with E-state index in [4.69, 9.17) is 21.2 Å². The predicted molar refractivity (Wildman–Crippen MR) is 58.2 cm³/mol. The quantitative estimate of drug-likeness (QED) is 0.188. The Morgan fingerprint density at radius 2 is 1.83 bits per heavy atom. The summed E-state index contributed by atoms with van der Waals surface area (Å²) in [6, 6.07) is 0. The molecule has 0 radical (unpaired) electrons. The number of aliphatic hydroxyl groups excluding tert-OH is 2. The highest BCUT2D eigenvalue weighted by Crippen LogP contribution is 2.26. The molecule has 0 rings (SSSR count). The number of alkyl halides is 3. The van der Waals surface area contributed by atoms with E-state index in [0.29, 0.717) is 0 Å². The highest BCUT2D eigenvalue weighted by molar-refractivity contribution is 5.83. The van der Waals surface area contributed by atoms with Crippen LogP contribution in [0.4, 0.5) is 13.2 Å². The minimum absolute atomic E-state index is 0.223. The maximum Gasteiger partial charge on any atom is 0.400 e. The van der Waals surface area contributed by atoms with E-state index in [1.807, 2.05) is 0 Å². The molecule has 0 saturated carbocycles. The van der Waals surface area contributed by atoms with Crippen LogP contribution in [0.15, 0.2) is 5.16 Å². The predicted octanol–water partition coefficient (Wildman–Crippen LogP) is -0.366. The number of hydrogen-bond acceptors (Lipinski definition) is 5. The van der Waals surface area contributed by atoms with Crippen molar-refractivity contribution in [3.63, 3.8) is 0 Å². The van der Waals surface area contributed by atoms with E-state index >= 15 is 0 Å². The van der Waals surface area contributed by atoms with Crippen LogP contribution in [0.2, 0.25) is 0 Å². The topological polar surface area (TPSA) is 111 Å². The first kappa shape index (κ1) is 16.9. The zero-order chi connectivity index (χ0) is 14.4. The first-order chi connectivity index (χ1) is 8.26. The summed E-state index contributed by atoms with van der Waals surface area (Å²) in [5, 5.41) is 31.2. The Labute approximate surface area is 102 Å². The standard InChI is InChI=1S/C9H18F3N3O3/c1-2-8(4-16,5-17)14-3-6(7(13)15-18)9(10,11)12/h6,14,16-18H,2-5H2,1H3,(H2,13,15). The van der Waals surface area contributed by atoms with E-state index in [9.17, 15) is 13.2 Å². The smallest absolute Gasteiger partial charge is 0.400 e. The Morgan fingerprint density at radius 3 is 2.11 bits per heavy atom. The van der Waals surface area contributed by atoms with Gasteiger partial charge >= 0.3 is 6.18 Å². The van der Waals surface area contributed by atoms with Crippen molar-refractivity contribution in [1.29, 1.82) is 0 Å². The second kappa shape index (κ2) is 6.76. The molecule has 0 amide bonds. The second-order valence-corrected chi connectivity index (χ2v) is 3.95. The number of rotatable bonds is 7. The summed E-state index contributed by atoms with van der Waals surface area (Å²) < 4.78 is 37.8. The summed E-state index contributed by atoms with van der Waals surface area (Å²) in [6.45, 7) is -0.151. The highest BCUT2D eigenvalue weighted by Gasteiger charge is 2.43. The lowest BCUT2D eigenvalue weighted by Gasteiger charge is -2.32. The van der Waals surface area contributed by atoms with Crippen molar-refractivity contribution < 1.29 is 28.6 Å². The number of hydrogen-bond donors (Lipinski definition) is 5. The van der Waals surface area contributed by atoms with Gasteiger partial charge in [-0.25, -0.2) is 0 Å². The van der Waals surface area contributed by atoms with Gasteiger partial charge in [-0.3, -0.25) is 0 Å². The maximum absolute atomic E-state index is 12.6. The van der Waals surface area contributed by atoms with Gasteiger partial charge in [0.25, 0.3) is 0 Å². The van der Waals surface area contributed by atoms with Crippen molar-refractivity contribution >= 4 is 5.84 Å². The third-order valence-corrected chi connectivity index (χ3v) is 2.83. The molecule has 18 heavy (non-hydrogen) atoms. The lowest BCUT2D eigenvalue weighted by Crippen LogP contribution is -2.55. The third-order valence-electron chi connectivity index (χ3n) is 2.83. The van der Waals surface area contributed by atoms with Gasteiger partial charge in [-0.1, -0.05) is 12.1 Å². The molecule has 1 atom stereocenters. The average molecular weight is 273 g/mol. The van der Waals surface area contributed by atoms with Crippen molar-refractivity contribution in [3.8, 4) is 0 Å². The number of nitrogens with one attached hydrogen (secondary N) is 1. The van der Waals surface area contributed by atoms with Crippen LogP contribution in [0.3, 0.4) is 0 Å². The molecule has 6 nitrogen and oxygen atoms in total. The number of nitrogens with two attached hydrogens (primary N) is 1. The number of aliphatic hydroxyl groups is 2. The molecule has 0 aromatic carbocycles. The molecule has 108 valence electrons. The molecule has 1 unspecified atom stereocenters. The van der Waals surface area contributed by atoms with Gasteiger partial charge in [-0.15, -0.1) is 0 Å². The molecule has 0 aliphatic heterocycles. The molecular formula is C9H18F3N3O3. The number of nitrogens with zero attached hydrogens (tertiary/aromatic N) is 1. The van der Waals surface area contributed by atoms with Gasteiger partial charge in [0.2, 0.25) is 0 Å².